The fraction of sp³-hybridized carbons (Fsp3) is 0.814. The van der Waals surface area contributed by atoms with Gasteiger partial charge in [0.25, 0.3) is 0 Å². The molecular formula is C70H123NO18. The van der Waals surface area contributed by atoms with E-state index < -0.39 is 124 Å². The van der Waals surface area contributed by atoms with Crippen molar-refractivity contribution < 1.29 is 89.4 Å². The molecule has 12 N–H and O–H groups in total. The van der Waals surface area contributed by atoms with E-state index in [9.17, 15) is 61.0 Å². The molecule has 0 saturated carbocycles. The number of unbranched alkanes of at least 4 members (excludes halogenated alkanes) is 24. The van der Waals surface area contributed by atoms with E-state index >= 15 is 0 Å². The van der Waals surface area contributed by atoms with Crippen LogP contribution in [0.1, 0.15) is 232 Å². The zero-order valence-electron chi connectivity index (χ0n) is 54.4. The fourth-order valence-corrected chi connectivity index (χ4v) is 11.4. The van der Waals surface area contributed by atoms with Gasteiger partial charge in [0.2, 0.25) is 5.91 Å². The number of ether oxygens (including phenoxy) is 6. The van der Waals surface area contributed by atoms with Crippen LogP contribution >= 0.6 is 0 Å². The Labute approximate surface area is 534 Å². The largest absolute Gasteiger partial charge is 0.394 e. The average molecular weight is 1270 g/mol. The maximum atomic E-state index is 13.4. The zero-order chi connectivity index (χ0) is 64.7. The smallest absolute Gasteiger partial charge is 0.220 e. The van der Waals surface area contributed by atoms with Gasteiger partial charge in [-0.3, -0.25) is 4.79 Å². The number of hydrogen-bond acceptors (Lipinski definition) is 18. The molecule has 0 radical (unpaired) electrons. The molecule has 89 heavy (non-hydrogen) atoms. The van der Waals surface area contributed by atoms with Crippen LogP contribution in [0.15, 0.2) is 72.9 Å². The van der Waals surface area contributed by atoms with E-state index in [4.69, 9.17) is 28.4 Å². The minimum Gasteiger partial charge on any atom is -0.394 e. The molecule has 1 amide bonds. The molecule has 0 aromatic heterocycles. The molecule has 3 aliphatic heterocycles. The fourth-order valence-electron chi connectivity index (χ4n) is 11.4. The lowest BCUT2D eigenvalue weighted by Crippen LogP contribution is -2.66. The normalized spacial score (nSPS) is 28.7. The Hall–Kier alpha value is -2.77. The third kappa shape index (κ3) is 33.8. The van der Waals surface area contributed by atoms with E-state index in [1.165, 1.54) is 96.3 Å². The average Bonchev–Trinajstić information content (AvgIpc) is 2.44. The Morgan fingerprint density at radius 2 is 0.775 bits per heavy atom. The summed E-state index contributed by atoms with van der Waals surface area (Å²) < 4.78 is 34.4. The first-order valence-electron chi connectivity index (χ1n) is 34.7. The molecule has 3 heterocycles. The van der Waals surface area contributed by atoms with E-state index in [2.05, 4.69) is 92.1 Å². The van der Waals surface area contributed by atoms with Gasteiger partial charge < -0.3 is 89.9 Å². The standard InChI is InChI=1S/C70H123NO18/c1-3-5-7-9-11-13-15-17-19-21-23-24-25-26-27-28-30-32-34-36-38-40-42-44-46-48-58(76)71-53(54(75)47-45-43-41-39-37-35-33-31-29-22-20-18-16-14-12-10-8-6-4-2)52-84-68-64(82)61(79)66(56(50-73)86-68)89-70-65(83)62(80)67(57(51-74)87-70)88-69-63(81)60(78)59(77)55(49-72)85-69/h5,7,11,13,17,19,23-24,26-27,30,32,53-57,59-70,72-75,77-83H,3-4,6,8-10,12,14-16,18,20-22,25,28-29,31,33-52H2,1-2H3,(H,71,76)/b7-5-,13-11-,19-17-,24-23-,27-26-,32-30-. The maximum absolute atomic E-state index is 13.4. The van der Waals surface area contributed by atoms with Gasteiger partial charge in [0.05, 0.1) is 38.6 Å². The van der Waals surface area contributed by atoms with Gasteiger partial charge in [-0.05, 0) is 64.2 Å². The summed E-state index contributed by atoms with van der Waals surface area (Å²) in [5.74, 6) is -0.259. The molecule has 19 heteroatoms. The second kappa shape index (κ2) is 51.6. The number of nitrogens with one attached hydrogen (secondary N) is 1. The minimum absolute atomic E-state index is 0.245. The van der Waals surface area contributed by atoms with Gasteiger partial charge in [-0.15, -0.1) is 0 Å². The molecule has 17 unspecified atom stereocenters. The summed E-state index contributed by atoms with van der Waals surface area (Å²) in [7, 11) is 0. The highest BCUT2D eigenvalue weighted by Crippen LogP contribution is 2.33. The molecule has 3 aliphatic rings. The van der Waals surface area contributed by atoms with E-state index in [1.54, 1.807) is 0 Å². The number of carbonyl (C=O) groups excluding carboxylic acids is 1. The molecule has 19 nitrogen and oxygen atoms in total. The molecule has 3 rings (SSSR count). The number of carbonyl (C=O) groups is 1. The summed E-state index contributed by atoms with van der Waals surface area (Å²) in [6.45, 7) is 1.68. The topological polar surface area (TPSA) is 307 Å². The lowest BCUT2D eigenvalue weighted by molar-refractivity contribution is -0.379. The van der Waals surface area contributed by atoms with Gasteiger partial charge in [-0.25, -0.2) is 0 Å². The number of aliphatic hydroxyl groups is 11. The molecular weight excluding hydrogens is 1140 g/mol. The predicted molar refractivity (Wildman–Crippen MR) is 346 cm³/mol. The Kier molecular flexibility index (Phi) is 46.7. The van der Waals surface area contributed by atoms with Crippen molar-refractivity contribution in [2.75, 3.05) is 26.4 Å². The van der Waals surface area contributed by atoms with E-state index in [0.717, 1.165) is 103 Å². The molecule has 516 valence electrons. The second-order valence-corrected chi connectivity index (χ2v) is 24.6. The van der Waals surface area contributed by atoms with Crippen LogP contribution in [0.2, 0.25) is 0 Å². The number of aliphatic hydroxyl groups excluding tert-OH is 11. The molecule has 0 aromatic rings. The lowest BCUT2D eigenvalue weighted by Gasteiger charge is -2.48. The Bertz CT molecular complexity index is 1900. The molecule has 17 atom stereocenters. The first-order valence-corrected chi connectivity index (χ1v) is 34.7. The number of amides is 1. The first kappa shape index (κ1) is 80.5. The van der Waals surface area contributed by atoms with Crippen molar-refractivity contribution in [3.05, 3.63) is 72.9 Å². The second-order valence-electron chi connectivity index (χ2n) is 24.6. The van der Waals surface area contributed by atoms with E-state index in [-0.39, 0.29) is 18.9 Å². The van der Waals surface area contributed by atoms with Crippen LogP contribution < -0.4 is 5.32 Å². The van der Waals surface area contributed by atoms with Crippen LogP contribution in [-0.4, -0.2) is 193 Å². The summed E-state index contributed by atoms with van der Waals surface area (Å²) in [5, 5.41) is 121. The lowest BCUT2D eigenvalue weighted by atomic mass is 9.96. The van der Waals surface area contributed by atoms with Crippen molar-refractivity contribution in [1.29, 1.82) is 0 Å². The van der Waals surface area contributed by atoms with Crippen molar-refractivity contribution in [2.24, 2.45) is 0 Å². The molecule has 0 aliphatic carbocycles. The summed E-state index contributed by atoms with van der Waals surface area (Å²) in [5.41, 5.74) is 0. The highest BCUT2D eigenvalue weighted by Gasteiger charge is 2.53. The number of allylic oxidation sites excluding steroid dienone is 12. The van der Waals surface area contributed by atoms with Gasteiger partial charge in [-0.1, -0.05) is 234 Å². The Morgan fingerprint density at radius 1 is 0.416 bits per heavy atom. The molecule has 0 bridgehead atoms. The first-order chi connectivity index (χ1) is 43.3. The molecule has 0 aromatic carbocycles. The Morgan fingerprint density at radius 3 is 1.21 bits per heavy atom. The third-order valence-corrected chi connectivity index (χ3v) is 17.0. The van der Waals surface area contributed by atoms with Crippen LogP contribution in [0, 0.1) is 0 Å². The van der Waals surface area contributed by atoms with Gasteiger partial charge in [-0.2, -0.15) is 0 Å². The monoisotopic (exact) mass is 1270 g/mol. The van der Waals surface area contributed by atoms with Crippen LogP contribution in [0.3, 0.4) is 0 Å². The SMILES string of the molecule is CC/C=C\C/C=C\C/C=C\C/C=C\C/C=C\C/C=C\CCCCCCCCC(=O)NC(COC1OC(CO)C(OC2OC(CO)C(OC3OC(CO)C(O)C(O)C3O)C(O)C2O)C(O)C1O)C(O)CCCCCCCCCCCCCCCCCCCCC. The number of hydrogen-bond donors (Lipinski definition) is 12. The Balaban J connectivity index is 1.44. The highest BCUT2D eigenvalue weighted by molar-refractivity contribution is 5.76. The third-order valence-electron chi connectivity index (χ3n) is 17.0. The van der Waals surface area contributed by atoms with Crippen molar-refractivity contribution >= 4 is 5.91 Å². The summed E-state index contributed by atoms with van der Waals surface area (Å²) >= 11 is 0. The van der Waals surface area contributed by atoms with Crippen LogP contribution in [0.4, 0.5) is 0 Å². The van der Waals surface area contributed by atoms with Gasteiger partial charge in [0.1, 0.15) is 73.2 Å². The summed E-state index contributed by atoms with van der Waals surface area (Å²) in [6, 6.07) is -0.901. The van der Waals surface area contributed by atoms with Crippen molar-refractivity contribution in [3.8, 4) is 0 Å². The minimum atomic E-state index is -1.98. The maximum Gasteiger partial charge on any atom is 0.220 e. The molecule has 0 spiro atoms. The van der Waals surface area contributed by atoms with Gasteiger partial charge in [0, 0.05) is 6.42 Å². The summed E-state index contributed by atoms with van der Waals surface area (Å²) in [6.07, 6.45) is 36.8. The van der Waals surface area contributed by atoms with E-state index in [0.29, 0.717) is 12.8 Å². The zero-order valence-corrected chi connectivity index (χ0v) is 54.4. The van der Waals surface area contributed by atoms with Gasteiger partial charge >= 0.3 is 0 Å². The highest BCUT2D eigenvalue weighted by atomic mass is 16.8. The quantitative estimate of drug-likeness (QED) is 0.0200. The predicted octanol–water partition coefficient (Wildman–Crippen LogP) is 8.94. The summed E-state index contributed by atoms with van der Waals surface area (Å²) in [4.78, 5) is 13.4. The molecule has 3 fully saturated rings. The van der Waals surface area contributed by atoms with Crippen LogP contribution in [-0.2, 0) is 33.2 Å². The van der Waals surface area contributed by atoms with Crippen LogP contribution in [0.5, 0.6) is 0 Å². The molecule has 3 saturated heterocycles. The van der Waals surface area contributed by atoms with Crippen molar-refractivity contribution in [3.63, 3.8) is 0 Å². The van der Waals surface area contributed by atoms with Crippen molar-refractivity contribution in [1.82, 2.24) is 5.32 Å². The number of rotatable bonds is 52. The van der Waals surface area contributed by atoms with Crippen molar-refractivity contribution in [2.45, 2.75) is 336 Å². The van der Waals surface area contributed by atoms with Crippen LogP contribution in [0.25, 0.3) is 0 Å². The van der Waals surface area contributed by atoms with Gasteiger partial charge in [0.15, 0.2) is 18.9 Å². The van der Waals surface area contributed by atoms with E-state index in [1.807, 2.05) is 0 Å².